The van der Waals surface area contributed by atoms with Crippen molar-refractivity contribution in [1.82, 2.24) is 9.97 Å². The minimum absolute atomic E-state index is 0.450. The summed E-state index contributed by atoms with van der Waals surface area (Å²) in [6, 6.07) is 2.34. The molecule has 0 aliphatic heterocycles. The van der Waals surface area contributed by atoms with Gasteiger partial charge in [-0.2, -0.15) is 11.8 Å². The number of hydrogen-bond acceptors (Lipinski definition) is 4. The minimum atomic E-state index is 0.450. The van der Waals surface area contributed by atoms with Crippen molar-refractivity contribution in [2.45, 2.75) is 26.3 Å². The Morgan fingerprint density at radius 3 is 3.00 bits per heavy atom. The van der Waals surface area contributed by atoms with E-state index in [-0.39, 0.29) is 0 Å². The van der Waals surface area contributed by atoms with E-state index in [0.717, 1.165) is 16.8 Å². The zero-order valence-corrected chi connectivity index (χ0v) is 11.4. The van der Waals surface area contributed by atoms with E-state index in [9.17, 15) is 0 Å². The van der Waals surface area contributed by atoms with Gasteiger partial charge >= 0.3 is 0 Å². The van der Waals surface area contributed by atoms with Gasteiger partial charge in [0.2, 0.25) is 0 Å². The lowest BCUT2D eigenvalue weighted by Gasteiger charge is -2.13. The Balaban J connectivity index is 2.34. The lowest BCUT2D eigenvalue weighted by molar-refractivity contribution is 0.765. The smallest absolute Gasteiger partial charge is 0.130 e. The van der Waals surface area contributed by atoms with Crippen molar-refractivity contribution in [3.05, 3.63) is 17.0 Å². The van der Waals surface area contributed by atoms with Crippen LogP contribution in [0.1, 0.15) is 20.3 Å². The monoisotopic (exact) mass is 289 g/mol. The molecule has 1 aromatic rings. The van der Waals surface area contributed by atoms with Gasteiger partial charge in [0, 0.05) is 12.1 Å². The normalized spacial score (nSPS) is 12.5. The molecule has 0 spiro atoms. The molecular formula is C10H16BrN3S. The quantitative estimate of drug-likeness (QED) is 0.645. The summed E-state index contributed by atoms with van der Waals surface area (Å²) in [4.78, 5) is 8.13. The number of rotatable bonds is 6. The van der Waals surface area contributed by atoms with Crippen LogP contribution in [0.15, 0.2) is 17.0 Å². The highest BCUT2D eigenvalue weighted by atomic mass is 79.9. The second kappa shape index (κ2) is 7.06. The van der Waals surface area contributed by atoms with Gasteiger partial charge in [-0.25, -0.2) is 9.97 Å². The highest BCUT2D eigenvalue weighted by molar-refractivity contribution is 9.10. The number of nitrogens with one attached hydrogen (secondary N) is 1. The van der Waals surface area contributed by atoms with Crippen LogP contribution in [0.5, 0.6) is 0 Å². The number of hydrogen-bond donors (Lipinski definition) is 1. The van der Waals surface area contributed by atoms with E-state index in [1.807, 2.05) is 17.8 Å². The Bertz CT molecular complexity index is 296. The van der Waals surface area contributed by atoms with Crippen molar-refractivity contribution in [3.8, 4) is 0 Å². The third-order valence-corrected chi connectivity index (χ3v) is 3.29. The summed E-state index contributed by atoms with van der Waals surface area (Å²) in [5, 5.41) is 3.35. The van der Waals surface area contributed by atoms with E-state index >= 15 is 0 Å². The van der Waals surface area contributed by atoms with E-state index in [4.69, 9.17) is 0 Å². The Hall–Kier alpha value is -0.290. The van der Waals surface area contributed by atoms with Crippen LogP contribution < -0.4 is 5.32 Å². The summed E-state index contributed by atoms with van der Waals surface area (Å²) < 4.78 is 0.815. The van der Waals surface area contributed by atoms with Gasteiger partial charge in [-0.3, -0.25) is 0 Å². The van der Waals surface area contributed by atoms with Gasteiger partial charge in [-0.05, 0) is 40.8 Å². The van der Waals surface area contributed by atoms with Crippen molar-refractivity contribution < 1.29 is 0 Å². The number of aromatic nitrogens is 2. The average Bonchev–Trinajstić information content (AvgIpc) is 2.18. The molecular weight excluding hydrogens is 274 g/mol. The fourth-order valence-corrected chi connectivity index (χ4v) is 2.26. The van der Waals surface area contributed by atoms with Crippen LogP contribution in [0.3, 0.4) is 0 Å². The van der Waals surface area contributed by atoms with E-state index in [2.05, 4.69) is 45.1 Å². The first-order chi connectivity index (χ1) is 7.22. The predicted molar refractivity (Wildman–Crippen MR) is 70.4 cm³/mol. The minimum Gasteiger partial charge on any atom is -0.367 e. The van der Waals surface area contributed by atoms with Crippen LogP contribution in [0.2, 0.25) is 0 Å². The second-order valence-corrected chi connectivity index (χ2v) is 5.46. The number of anilines is 1. The van der Waals surface area contributed by atoms with Gasteiger partial charge in [0.1, 0.15) is 16.7 Å². The van der Waals surface area contributed by atoms with E-state index < -0.39 is 0 Å². The van der Waals surface area contributed by atoms with Crippen LogP contribution in [-0.2, 0) is 0 Å². The van der Waals surface area contributed by atoms with Crippen molar-refractivity contribution in [1.29, 1.82) is 0 Å². The highest BCUT2D eigenvalue weighted by Gasteiger charge is 2.03. The molecule has 0 saturated heterocycles. The zero-order chi connectivity index (χ0) is 11.1. The summed E-state index contributed by atoms with van der Waals surface area (Å²) >= 11 is 5.29. The maximum absolute atomic E-state index is 4.15. The molecule has 0 aliphatic carbocycles. The summed E-state index contributed by atoms with van der Waals surface area (Å²) in [7, 11) is 0. The molecule has 1 atom stereocenters. The molecule has 5 heteroatoms. The van der Waals surface area contributed by atoms with E-state index in [1.165, 1.54) is 11.5 Å². The summed E-state index contributed by atoms with van der Waals surface area (Å²) in [6.07, 6.45) is 2.71. The molecule has 3 nitrogen and oxygen atoms in total. The lowest BCUT2D eigenvalue weighted by atomic mass is 10.2. The highest BCUT2D eigenvalue weighted by Crippen LogP contribution is 2.12. The molecule has 1 N–H and O–H groups in total. The van der Waals surface area contributed by atoms with E-state index in [1.54, 1.807) is 6.33 Å². The Morgan fingerprint density at radius 1 is 1.53 bits per heavy atom. The van der Waals surface area contributed by atoms with Gasteiger partial charge in [0.25, 0.3) is 0 Å². The van der Waals surface area contributed by atoms with Crippen LogP contribution in [0.4, 0.5) is 5.82 Å². The van der Waals surface area contributed by atoms with Gasteiger partial charge in [0.05, 0.1) is 0 Å². The first-order valence-electron chi connectivity index (χ1n) is 5.04. The summed E-state index contributed by atoms with van der Waals surface area (Å²) in [5.74, 6) is 3.26. The Labute approximate surface area is 104 Å². The first kappa shape index (κ1) is 12.8. The number of nitrogens with zero attached hydrogens (tertiary/aromatic N) is 2. The Kier molecular flexibility index (Phi) is 6.02. The maximum atomic E-state index is 4.15. The van der Waals surface area contributed by atoms with Gasteiger partial charge < -0.3 is 5.32 Å². The molecule has 1 rings (SSSR count). The molecule has 0 bridgehead atoms. The van der Waals surface area contributed by atoms with Crippen molar-refractivity contribution in [3.63, 3.8) is 0 Å². The number of halogens is 1. The van der Waals surface area contributed by atoms with Crippen LogP contribution in [0.25, 0.3) is 0 Å². The third kappa shape index (κ3) is 5.37. The second-order valence-electron chi connectivity index (χ2n) is 3.26. The SMILES string of the molecule is CCSCCC(C)Nc1cc(Br)ncn1. The molecule has 0 aliphatic rings. The predicted octanol–water partition coefficient (Wildman–Crippen LogP) is 3.18. The van der Waals surface area contributed by atoms with Crippen LogP contribution in [-0.4, -0.2) is 27.5 Å². The third-order valence-electron chi connectivity index (χ3n) is 1.93. The van der Waals surface area contributed by atoms with Gasteiger partial charge in [-0.1, -0.05) is 6.92 Å². The van der Waals surface area contributed by atoms with Crippen molar-refractivity contribution >= 4 is 33.5 Å². The molecule has 0 radical (unpaired) electrons. The van der Waals surface area contributed by atoms with E-state index in [0.29, 0.717) is 6.04 Å². The first-order valence-corrected chi connectivity index (χ1v) is 6.99. The molecule has 0 fully saturated rings. The molecule has 0 aromatic carbocycles. The molecule has 1 unspecified atom stereocenters. The topological polar surface area (TPSA) is 37.8 Å². The maximum Gasteiger partial charge on any atom is 0.130 e. The fourth-order valence-electron chi connectivity index (χ4n) is 1.14. The fraction of sp³-hybridized carbons (Fsp3) is 0.600. The lowest BCUT2D eigenvalue weighted by Crippen LogP contribution is -2.16. The van der Waals surface area contributed by atoms with Crippen LogP contribution >= 0.6 is 27.7 Å². The molecule has 1 aromatic heterocycles. The average molecular weight is 290 g/mol. The summed E-state index contributed by atoms with van der Waals surface area (Å²) in [6.45, 7) is 4.36. The molecule has 0 saturated carbocycles. The Morgan fingerprint density at radius 2 is 2.33 bits per heavy atom. The largest absolute Gasteiger partial charge is 0.367 e. The van der Waals surface area contributed by atoms with Gasteiger partial charge in [-0.15, -0.1) is 0 Å². The number of thioether (sulfide) groups is 1. The zero-order valence-electron chi connectivity index (χ0n) is 9.03. The molecule has 0 amide bonds. The van der Waals surface area contributed by atoms with Crippen LogP contribution in [0, 0.1) is 0 Å². The molecule has 84 valence electrons. The standard InChI is InChI=1S/C10H16BrN3S/c1-3-15-5-4-8(2)14-10-6-9(11)12-7-13-10/h6-8H,3-5H2,1-2H3,(H,12,13,14). The molecule has 15 heavy (non-hydrogen) atoms. The molecule has 1 heterocycles. The van der Waals surface area contributed by atoms with Crippen molar-refractivity contribution in [2.75, 3.05) is 16.8 Å². The van der Waals surface area contributed by atoms with Gasteiger partial charge in [0.15, 0.2) is 0 Å². The van der Waals surface area contributed by atoms with Crippen molar-refractivity contribution in [2.24, 2.45) is 0 Å². The summed E-state index contributed by atoms with van der Waals surface area (Å²) in [5.41, 5.74) is 0.